The van der Waals surface area contributed by atoms with Gasteiger partial charge in [-0.25, -0.2) is 9.50 Å². The van der Waals surface area contributed by atoms with Crippen LogP contribution in [0.25, 0.3) is 16.8 Å². The summed E-state index contributed by atoms with van der Waals surface area (Å²) in [4.78, 5) is 6.87. The first-order valence-corrected chi connectivity index (χ1v) is 12.7. The summed E-state index contributed by atoms with van der Waals surface area (Å²) in [5, 5.41) is 18.2. The highest BCUT2D eigenvalue weighted by molar-refractivity contribution is 5.72. The summed E-state index contributed by atoms with van der Waals surface area (Å²) in [6.45, 7) is 6.41. The second kappa shape index (κ2) is 10.4. The molecular weight excluding hydrogens is 466 g/mol. The molecule has 1 fully saturated rings. The average Bonchev–Trinajstić information content (AvgIpc) is 3.31. The van der Waals surface area contributed by atoms with Crippen molar-refractivity contribution in [2.45, 2.75) is 38.2 Å². The molecule has 0 unspecified atom stereocenters. The van der Waals surface area contributed by atoms with Crippen molar-refractivity contribution in [1.82, 2.24) is 19.5 Å². The molecule has 0 spiro atoms. The van der Waals surface area contributed by atoms with E-state index < -0.39 is 5.60 Å². The van der Waals surface area contributed by atoms with Gasteiger partial charge in [-0.15, -0.1) is 5.10 Å². The van der Waals surface area contributed by atoms with Crippen molar-refractivity contribution in [1.29, 1.82) is 0 Å². The Morgan fingerprint density at radius 3 is 2.49 bits per heavy atom. The molecule has 0 bridgehead atoms. The van der Waals surface area contributed by atoms with Gasteiger partial charge < -0.3 is 24.8 Å². The van der Waals surface area contributed by atoms with E-state index in [0.717, 1.165) is 59.9 Å². The summed E-state index contributed by atoms with van der Waals surface area (Å²) < 4.78 is 13.2. The standard InChI is InChI=1S/C29H35N5O3/c1-29(2,35)19-33-15-13-20(14-16-33)21-9-11-24(27(17-21)37-4)31-28-30-18-22-10-12-25(34(22)32-28)23-7-5-6-8-26(23)36-3/h5-12,17-18,20,35H,13-16,19H2,1-4H3,(H,31,32). The minimum absolute atomic E-state index is 0.469. The lowest BCUT2D eigenvalue weighted by molar-refractivity contribution is 0.0282. The van der Waals surface area contributed by atoms with Crippen LogP contribution in [-0.4, -0.2) is 64.1 Å². The lowest BCUT2D eigenvalue weighted by Crippen LogP contribution is -2.42. The zero-order valence-corrected chi connectivity index (χ0v) is 21.9. The Morgan fingerprint density at radius 1 is 1.00 bits per heavy atom. The second-order valence-electron chi connectivity index (χ2n) is 10.3. The van der Waals surface area contributed by atoms with Gasteiger partial charge in [0.2, 0.25) is 5.95 Å². The van der Waals surface area contributed by atoms with Crippen LogP contribution in [0.1, 0.15) is 38.2 Å². The molecule has 2 aromatic heterocycles. The van der Waals surface area contributed by atoms with Crippen LogP contribution >= 0.6 is 0 Å². The number of benzene rings is 2. The summed E-state index contributed by atoms with van der Waals surface area (Å²) in [5.74, 6) is 2.50. The van der Waals surface area contributed by atoms with Crippen LogP contribution in [0.4, 0.5) is 11.6 Å². The molecule has 0 amide bonds. The molecule has 0 atom stereocenters. The average molecular weight is 502 g/mol. The monoisotopic (exact) mass is 501 g/mol. The van der Waals surface area contributed by atoms with Crippen LogP contribution in [0.5, 0.6) is 11.5 Å². The van der Waals surface area contributed by atoms with Crippen molar-refractivity contribution in [2.75, 3.05) is 39.2 Å². The summed E-state index contributed by atoms with van der Waals surface area (Å²) in [6.07, 6.45) is 3.92. The third-order valence-corrected chi connectivity index (χ3v) is 6.92. The quantitative estimate of drug-likeness (QED) is 0.347. The predicted molar refractivity (Wildman–Crippen MR) is 146 cm³/mol. The maximum absolute atomic E-state index is 10.1. The van der Waals surface area contributed by atoms with Gasteiger partial charge in [0, 0.05) is 12.1 Å². The summed E-state index contributed by atoms with van der Waals surface area (Å²) in [6, 6.07) is 18.2. The number of nitrogens with zero attached hydrogens (tertiary/aromatic N) is 4. The first-order chi connectivity index (χ1) is 17.8. The highest BCUT2D eigenvalue weighted by Gasteiger charge is 2.25. The fraction of sp³-hybridized carbons (Fsp3) is 0.379. The molecule has 0 aliphatic carbocycles. The molecule has 1 saturated heterocycles. The number of nitrogens with one attached hydrogen (secondary N) is 1. The molecule has 194 valence electrons. The zero-order chi connectivity index (χ0) is 26.0. The Bertz CT molecular complexity index is 1370. The van der Waals surface area contributed by atoms with Crippen LogP contribution in [-0.2, 0) is 0 Å². The summed E-state index contributed by atoms with van der Waals surface area (Å²) >= 11 is 0. The van der Waals surface area contributed by atoms with Gasteiger partial charge in [-0.1, -0.05) is 18.2 Å². The number of aromatic nitrogens is 3. The lowest BCUT2D eigenvalue weighted by atomic mass is 9.88. The number of fused-ring (bicyclic) bond motifs is 1. The molecule has 2 N–H and O–H groups in total. The number of methoxy groups -OCH3 is 2. The van der Waals surface area contributed by atoms with Gasteiger partial charge in [-0.2, -0.15) is 0 Å². The number of piperidine rings is 1. The third-order valence-electron chi connectivity index (χ3n) is 6.92. The van der Waals surface area contributed by atoms with Crippen molar-refractivity contribution in [2.24, 2.45) is 0 Å². The maximum Gasteiger partial charge on any atom is 0.245 e. The van der Waals surface area contributed by atoms with Gasteiger partial charge in [-0.05, 0) is 87.7 Å². The Hall–Kier alpha value is -3.62. The van der Waals surface area contributed by atoms with Crippen molar-refractivity contribution < 1.29 is 14.6 Å². The van der Waals surface area contributed by atoms with Gasteiger partial charge in [-0.3, -0.25) is 0 Å². The lowest BCUT2D eigenvalue weighted by Gasteiger charge is -2.35. The van der Waals surface area contributed by atoms with E-state index in [0.29, 0.717) is 18.4 Å². The van der Waals surface area contributed by atoms with E-state index >= 15 is 0 Å². The van der Waals surface area contributed by atoms with Gasteiger partial charge in [0.25, 0.3) is 0 Å². The van der Waals surface area contributed by atoms with Crippen LogP contribution in [0.2, 0.25) is 0 Å². The fourth-order valence-electron chi connectivity index (χ4n) is 5.18. The van der Waals surface area contributed by atoms with Gasteiger partial charge >= 0.3 is 0 Å². The van der Waals surface area contributed by atoms with Gasteiger partial charge in [0.1, 0.15) is 11.5 Å². The molecule has 8 nitrogen and oxygen atoms in total. The summed E-state index contributed by atoms with van der Waals surface area (Å²) in [7, 11) is 3.36. The van der Waals surface area contributed by atoms with Crippen molar-refractivity contribution >= 4 is 17.2 Å². The van der Waals surface area contributed by atoms with Gasteiger partial charge in [0.05, 0.1) is 42.9 Å². The molecule has 1 aliphatic heterocycles. The van der Waals surface area contributed by atoms with E-state index in [1.165, 1.54) is 5.56 Å². The Balaban J connectivity index is 1.35. The van der Waals surface area contributed by atoms with Crippen molar-refractivity contribution in [3.63, 3.8) is 0 Å². The Morgan fingerprint density at radius 2 is 1.76 bits per heavy atom. The second-order valence-corrected chi connectivity index (χ2v) is 10.3. The van der Waals surface area contributed by atoms with E-state index in [1.807, 2.05) is 60.8 Å². The largest absolute Gasteiger partial charge is 0.496 e. The zero-order valence-electron chi connectivity index (χ0n) is 21.9. The number of β-amino-alcohol motifs (C(OH)–C–C–N with tert-alkyl or cyclic N) is 1. The minimum atomic E-state index is -0.664. The first kappa shape index (κ1) is 25.0. The van der Waals surface area contributed by atoms with Gasteiger partial charge in [0.15, 0.2) is 0 Å². The molecule has 0 saturated carbocycles. The van der Waals surface area contributed by atoms with Crippen LogP contribution in [0.3, 0.4) is 0 Å². The van der Waals surface area contributed by atoms with E-state index in [4.69, 9.17) is 14.6 Å². The Kier molecular flexibility index (Phi) is 7.04. The number of aliphatic hydroxyl groups is 1. The number of likely N-dealkylation sites (tertiary alicyclic amines) is 1. The van der Waals surface area contributed by atoms with E-state index in [1.54, 1.807) is 20.4 Å². The highest BCUT2D eigenvalue weighted by atomic mass is 16.5. The van der Waals surface area contributed by atoms with Crippen molar-refractivity contribution in [3.8, 4) is 22.8 Å². The number of ether oxygens (including phenoxy) is 2. The highest BCUT2D eigenvalue weighted by Crippen LogP contribution is 2.35. The normalized spacial score (nSPS) is 15.2. The topological polar surface area (TPSA) is 84.2 Å². The number of rotatable bonds is 8. The molecule has 3 heterocycles. The SMILES string of the molecule is COc1cc(C2CCN(CC(C)(C)O)CC2)ccc1Nc1ncc2ccc(-c3ccccc3OC)n2n1. The first-order valence-electron chi connectivity index (χ1n) is 12.7. The molecule has 8 heteroatoms. The molecule has 37 heavy (non-hydrogen) atoms. The molecule has 5 rings (SSSR count). The van der Waals surface area contributed by atoms with Crippen LogP contribution in [0.15, 0.2) is 60.8 Å². The molecule has 1 aliphatic rings. The molecule has 2 aromatic carbocycles. The van der Waals surface area contributed by atoms with Crippen LogP contribution < -0.4 is 14.8 Å². The number of anilines is 2. The smallest absolute Gasteiger partial charge is 0.245 e. The minimum Gasteiger partial charge on any atom is -0.496 e. The number of hydrogen-bond acceptors (Lipinski definition) is 7. The van der Waals surface area contributed by atoms with E-state index in [-0.39, 0.29) is 0 Å². The predicted octanol–water partition coefficient (Wildman–Crippen LogP) is 5.11. The van der Waals surface area contributed by atoms with Crippen molar-refractivity contribution in [3.05, 3.63) is 66.4 Å². The third kappa shape index (κ3) is 5.55. The molecule has 4 aromatic rings. The van der Waals surface area contributed by atoms with E-state index in [2.05, 4.69) is 27.3 Å². The number of hydrogen-bond donors (Lipinski definition) is 2. The Labute approximate surface area is 217 Å². The fourth-order valence-corrected chi connectivity index (χ4v) is 5.18. The molecular formula is C29H35N5O3. The van der Waals surface area contributed by atoms with Crippen LogP contribution in [0, 0.1) is 0 Å². The van der Waals surface area contributed by atoms with E-state index in [9.17, 15) is 5.11 Å². The summed E-state index contributed by atoms with van der Waals surface area (Å²) in [5.41, 5.74) is 4.20. The number of para-hydroxylation sites is 1. The molecule has 0 radical (unpaired) electrons. The maximum atomic E-state index is 10.1.